The third-order valence-corrected chi connectivity index (χ3v) is 8.27. The molecule has 0 aliphatic carbocycles. The van der Waals surface area contributed by atoms with E-state index >= 15 is 0 Å². The van der Waals surface area contributed by atoms with Gasteiger partial charge in [0.15, 0.2) is 0 Å². The molecule has 222 valence electrons. The van der Waals surface area contributed by atoms with E-state index in [-0.39, 0.29) is 5.56 Å². The van der Waals surface area contributed by atoms with Gasteiger partial charge in [-0.05, 0) is 77.9 Å². The first kappa shape index (κ1) is 30.6. The second kappa shape index (κ2) is 11.2. The molecule has 0 heterocycles. The van der Waals surface area contributed by atoms with Crippen LogP contribution in [0.2, 0.25) is 0 Å². The summed E-state index contributed by atoms with van der Waals surface area (Å²) in [6.45, 7) is 0. The Bertz CT molecular complexity index is 1810. The van der Waals surface area contributed by atoms with Gasteiger partial charge in [0, 0.05) is 0 Å². The average Bonchev–Trinajstić information content (AvgIpc) is 2.89. The molecule has 0 saturated carbocycles. The van der Waals surface area contributed by atoms with Gasteiger partial charge in [-0.3, -0.25) is 9.44 Å². The Balaban J connectivity index is 1.74. The van der Waals surface area contributed by atoms with Crippen molar-refractivity contribution in [2.75, 3.05) is 9.44 Å². The molecule has 7 nitrogen and oxygen atoms in total. The van der Waals surface area contributed by atoms with Gasteiger partial charge in [-0.25, -0.2) is 21.2 Å². The van der Waals surface area contributed by atoms with Gasteiger partial charge in [-0.1, -0.05) is 24.3 Å². The van der Waals surface area contributed by atoms with Crippen molar-refractivity contribution in [3.63, 3.8) is 0 Å². The van der Waals surface area contributed by atoms with Crippen molar-refractivity contribution in [3.8, 4) is 16.9 Å². The Morgan fingerprint density at radius 1 is 0.595 bits per heavy atom. The molecule has 0 amide bonds. The number of halogens is 7. The molecular weight excluding hydrogens is 617 g/mol. The van der Waals surface area contributed by atoms with Gasteiger partial charge in [0.05, 0.1) is 26.7 Å². The molecule has 16 heteroatoms. The molecular formula is C26H17F7N2O5S2. The number of hydrogen-bond acceptors (Lipinski definition) is 5. The van der Waals surface area contributed by atoms with Crippen LogP contribution in [0.3, 0.4) is 0 Å². The summed E-state index contributed by atoms with van der Waals surface area (Å²) < 4.78 is 150. The minimum atomic E-state index is -5.02. The fourth-order valence-corrected chi connectivity index (χ4v) is 5.80. The topological polar surface area (TPSA) is 102 Å². The number of sulfonamides is 2. The molecule has 0 aliphatic rings. The molecule has 0 aliphatic heterocycles. The Kier molecular flexibility index (Phi) is 8.15. The van der Waals surface area contributed by atoms with E-state index in [4.69, 9.17) is 0 Å². The maximum absolute atomic E-state index is 13.4. The number of anilines is 2. The fraction of sp³-hybridized carbons (Fsp3) is 0.0769. The summed E-state index contributed by atoms with van der Waals surface area (Å²) >= 11 is 0. The normalized spacial score (nSPS) is 12.5. The zero-order valence-electron chi connectivity index (χ0n) is 20.7. The standard InChI is InChI=1S/C26H17F7N2O5S2/c27-19-7-4-16(5-8-19)17-6-13-23(34-42(38,39)22-3-1-2-18(15-22)25(28,29)30)24(14-17)35-41(36,37)21-11-9-20(10-12-21)40-26(31,32)33/h1-15,34-35H. The Hall–Kier alpha value is -4.31. The Morgan fingerprint density at radius 3 is 1.76 bits per heavy atom. The molecule has 0 unspecified atom stereocenters. The molecule has 4 aromatic carbocycles. The van der Waals surface area contributed by atoms with E-state index in [2.05, 4.69) is 14.2 Å². The molecule has 4 aromatic rings. The lowest BCUT2D eigenvalue weighted by molar-refractivity contribution is -0.274. The lowest BCUT2D eigenvalue weighted by atomic mass is 10.0. The maximum atomic E-state index is 13.4. The molecule has 0 atom stereocenters. The third kappa shape index (κ3) is 7.50. The van der Waals surface area contributed by atoms with Crippen molar-refractivity contribution in [1.29, 1.82) is 0 Å². The summed E-state index contributed by atoms with van der Waals surface area (Å²) in [5, 5.41) is 0. The highest BCUT2D eigenvalue weighted by molar-refractivity contribution is 7.93. The highest BCUT2D eigenvalue weighted by Gasteiger charge is 2.32. The van der Waals surface area contributed by atoms with E-state index in [1.807, 2.05) is 0 Å². The van der Waals surface area contributed by atoms with E-state index in [9.17, 15) is 47.6 Å². The molecule has 0 bridgehead atoms. The Labute approximate surface area is 234 Å². The first-order chi connectivity index (χ1) is 19.4. The first-order valence-corrected chi connectivity index (χ1v) is 14.4. The van der Waals surface area contributed by atoms with Gasteiger partial charge in [0.2, 0.25) is 0 Å². The smallest absolute Gasteiger partial charge is 0.406 e. The lowest BCUT2D eigenvalue weighted by Crippen LogP contribution is -2.19. The number of alkyl halides is 6. The SMILES string of the molecule is O=S(=O)(Nc1ccc(-c2ccc(F)cc2)cc1NS(=O)(=O)c1ccc(OC(F)(F)F)cc1)c1cccc(C(F)(F)F)c1. The van der Waals surface area contributed by atoms with Gasteiger partial charge >= 0.3 is 12.5 Å². The van der Waals surface area contributed by atoms with Crippen molar-refractivity contribution >= 4 is 31.4 Å². The summed E-state index contributed by atoms with van der Waals surface area (Å²) in [6, 6.07) is 14.5. The molecule has 4 rings (SSSR count). The van der Waals surface area contributed by atoms with E-state index in [1.165, 1.54) is 24.3 Å². The molecule has 0 saturated heterocycles. The molecule has 2 N–H and O–H groups in total. The van der Waals surface area contributed by atoms with Gasteiger partial charge in [-0.15, -0.1) is 13.2 Å². The van der Waals surface area contributed by atoms with E-state index in [0.29, 0.717) is 17.7 Å². The number of benzene rings is 4. The van der Waals surface area contributed by atoms with Crippen molar-refractivity contribution in [2.45, 2.75) is 22.3 Å². The van der Waals surface area contributed by atoms with Crippen LogP contribution in [0.1, 0.15) is 5.56 Å². The third-order valence-electron chi connectivity index (χ3n) is 5.53. The molecule has 0 fully saturated rings. The molecule has 0 radical (unpaired) electrons. The predicted molar refractivity (Wildman–Crippen MR) is 138 cm³/mol. The summed E-state index contributed by atoms with van der Waals surface area (Å²) in [5.74, 6) is -1.27. The summed E-state index contributed by atoms with van der Waals surface area (Å²) in [6.07, 6.45) is -9.87. The van der Waals surface area contributed by atoms with Crippen molar-refractivity contribution in [2.24, 2.45) is 0 Å². The van der Waals surface area contributed by atoms with Crippen molar-refractivity contribution in [1.82, 2.24) is 0 Å². The van der Waals surface area contributed by atoms with Crippen LogP contribution in [0.5, 0.6) is 5.75 Å². The van der Waals surface area contributed by atoms with E-state index in [1.54, 1.807) is 0 Å². The van der Waals surface area contributed by atoms with Crippen LogP contribution in [0, 0.1) is 5.82 Å². The average molecular weight is 635 g/mol. The number of hydrogen-bond donors (Lipinski definition) is 2. The van der Waals surface area contributed by atoms with Gasteiger partial charge in [0.25, 0.3) is 20.0 Å². The predicted octanol–water partition coefficient (Wildman–Crippen LogP) is 7.01. The van der Waals surface area contributed by atoms with Gasteiger partial charge in [0.1, 0.15) is 11.6 Å². The first-order valence-electron chi connectivity index (χ1n) is 11.4. The van der Waals surface area contributed by atoms with Gasteiger partial charge < -0.3 is 4.74 Å². The van der Waals surface area contributed by atoms with Crippen LogP contribution >= 0.6 is 0 Å². The molecule has 0 spiro atoms. The van der Waals surface area contributed by atoms with Crippen LogP contribution in [0.15, 0.2) is 101 Å². The summed E-state index contributed by atoms with van der Waals surface area (Å²) in [4.78, 5) is -1.30. The highest BCUT2D eigenvalue weighted by Crippen LogP contribution is 2.35. The quantitative estimate of drug-likeness (QED) is 0.203. The summed E-state index contributed by atoms with van der Waals surface area (Å²) in [7, 11) is -9.28. The minimum Gasteiger partial charge on any atom is -0.406 e. The minimum absolute atomic E-state index is 0.281. The number of rotatable bonds is 8. The van der Waals surface area contributed by atoms with Crippen LogP contribution in [-0.4, -0.2) is 23.2 Å². The largest absolute Gasteiger partial charge is 0.573 e. The number of nitrogens with one attached hydrogen (secondary N) is 2. The highest BCUT2D eigenvalue weighted by atomic mass is 32.2. The zero-order chi connectivity index (χ0) is 30.9. The van der Waals surface area contributed by atoms with Crippen LogP contribution in [-0.2, 0) is 26.2 Å². The second-order valence-electron chi connectivity index (χ2n) is 8.52. The molecule has 0 aromatic heterocycles. The second-order valence-corrected chi connectivity index (χ2v) is 11.9. The van der Waals surface area contributed by atoms with Crippen molar-refractivity contribution in [3.05, 3.63) is 102 Å². The number of ether oxygens (including phenoxy) is 1. The van der Waals surface area contributed by atoms with E-state index < -0.39 is 70.9 Å². The fourth-order valence-electron chi connectivity index (χ4n) is 3.61. The lowest BCUT2D eigenvalue weighted by Gasteiger charge is -2.17. The van der Waals surface area contributed by atoms with Crippen molar-refractivity contribution < 1.29 is 52.3 Å². The zero-order valence-corrected chi connectivity index (χ0v) is 22.3. The van der Waals surface area contributed by atoms with Gasteiger partial charge in [-0.2, -0.15) is 13.2 Å². The molecule has 42 heavy (non-hydrogen) atoms. The monoisotopic (exact) mass is 634 g/mol. The maximum Gasteiger partial charge on any atom is 0.573 e. The van der Waals surface area contributed by atoms with Crippen LogP contribution in [0.25, 0.3) is 11.1 Å². The van der Waals surface area contributed by atoms with Crippen LogP contribution in [0.4, 0.5) is 42.1 Å². The summed E-state index contributed by atoms with van der Waals surface area (Å²) in [5.41, 5.74) is -1.38. The Morgan fingerprint density at radius 2 is 1.17 bits per heavy atom. The van der Waals surface area contributed by atoms with Crippen LogP contribution < -0.4 is 14.2 Å². The van der Waals surface area contributed by atoms with E-state index in [0.717, 1.165) is 54.6 Å².